The summed E-state index contributed by atoms with van der Waals surface area (Å²) in [6, 6.07) is 0.491. The normalized spacial score (nSPS) is 11.3. The van der Waals surface area contributed by atoms with Crippen LogP contribution < -0.4 is 5.32 Å². The minimum Gasteiger partial charge on any atom is -0.308 e. The number of thiazole rings is 1. The van der Waals surface area contributed by atoms with Crippen molar-refractivity contribution in [2.24, 2.45) is 0 Å². The van der Waals surface area contributed by atoms with Gasteiger partial charge in [0.15, 0.2) is 0 Å². The molecular weight excluding hydrogens is 232 g/mol. The molecule has 0 spiro atoms. The van der Waals surface area contributed by atoms with E-state index in [1.54, 1.807) is 11.3 Å². The molecule has 2 aromatic rings. The minimum absolute atomic E-state index is 0.491. The van der Waals surface area contributed by atoms with Crippen LogP contribution in [0.15, 0.2) is 17.8 Å². The maximum absolute atomic E-state index is 4.60. The summed E-state index contributed by atoms with van der Waals surface area (Å²) in [4.78, 5) is 4.60. The van der Waals surface area contributed by atoms with Gasteiger partial charge in [-0.25, -0.2) is 4.98 Å². The zero-order chi connectivity index (χ0) is 12.3. The third-order valence-electron chi connectivity index (χ3n) is 2.47. The number of rotatable bonds is 5. The van der Waals surface area contributed by atoms with E-state index in [1.165, 1.54) is 0 Å². The summed E-state index contributed by atoms with van der Waals surface area (Å²) >= 11 is 1.69. The molecule has 0 aromatic carbocycles. The van der Waals surface area contributed by atoms with Gasteiger partial charge < -0.3 is 5.32 Å². The molecule has 1 N–H and O–H groups in total. The largest absolute Gasteiger partial charge is 0.308 e. The van der Waals surface area contributed by atoms with Gasteiger partial charge in [-0.15, -0.1) is 11.3 Å². The molecule has 0 radical (unpaired) electrons. The predicted octanol–water partition coefficient (Wildman–Crippen LogP) is 2.52. The van der Waals surface area contributed by atoms with Gasteiger partial charge in [0.2, 0.25) is 0 Å². The topological polar surface area (TPSA) is 42.7 Å². The number of hydrogen-bond donors (Lipinski definition) is 1. The van der Waals surface area contributed by atoms with Gasteiger partial charge in [0, 0.05) is 36.3 Å². The van der Waals surface area contributed by atoms with E-state index in [0.717, 1.165) is 29.4 Å². The average molecular weight is 250 g/mol. The first kappa shape index (κ1) is 12.3. The molecule has 2 rings (SSSR count). The Morgan fingerprint density at radius 2 is 2.29 bits per heavy atom. The Morgan fingerprint density at radius 3 is 2.94 bits per heavy atom. The van der Waals surface area contributed by atoms with Crippen LogP contribution in [0.1, 0.15) is 25.8 Å². The van der Waals surface area contributed by atoms with Crippen LogP contribution in [0.2, 0.25) is 0 Å². The quantitative estimate of drug-likeness (QED) is 0.886. The first-order valence-electron chi connectivity index (χ1n) is 5.89. The first-order valence-corrected chi connectivity index (χ1v) is 6.77. The van der Waals surface area contributed by atoms with Crippen molar-refractivity contribution in [3.8, 4) is 11.3 Å². The molecular formula is C12H18N4S. The van der Waals surface area contributed by atoms with Gasteiger partial charge in [-0.1, -0.05) is 13.8 Å². The SMILES string of the molecule is CCn1cc(-c2csc(CNC(C)C)n2)cn1. The van der Waals surface area contributed by atoms with E-state index in [0.29, 0.717) is 6.04 Å². The molecule has 0 amide bonds. The maximum atomic E-state index is 4.60. The number of nitrogens with one attached hydrogen (secondary N) is 1. The maximum Gasteiger partial charge on any atom is 0.107 e. The molecule has 2 aromatic heterocycles. The number of aromatic nitrogens is 3. The molecule has 0 aliphatic heterocycles. The number of nitrogens with zero attached hydrogens (tertiary/aromatic N) is 3. The predicted molar refractivity (Wildman–Crippen MR) is 71.0 cm³/mol. The number of aryl methyl sites for hydroxylation is 1. The average Bonchev–Trinajstić information content (AvgIpc) is 2.94. The summed E-state index contributed by atoms with van der Waals surface area (Å²) in [7, 11) is 0. The van der Waals surface area contributed by atoms with Crippen LogP contribution in [-0.4, -0.2) is 20.8 Å². The highest BCUT2D eigenvalue weighted by Crippen LogP contribution is 2.21. The fraction of sp³-hybridized carbons (Fsp3) is 0.500. The van der Waals surface area contributed by atoms with E-state index in [2.05, 4.69) is 41.6 Å². The summed E-state index contributed by atoms with van der Waals surface area (Å²) in [5.41, 5.74) is 2.12. The Kier molecular flexibility index (Phi) is 3.91. The molecule has 5 heteroatoms. The van der Waals surface area contributed by atoms with Gasteiger partial charge in [-0.05, 0) is 6.92 Å². The molecule has 0 saturated carbocycles. The molecule has 0 bridgehead atoms. The third-order valence-corrected chi connectivity index (χ3v) is 3.32. The Morgan fingerprint density at radius 1 is 1.47 bits per heavy atom. The molecule has 4 nitrogen and oxygen atoms in total. The van der Waals surface area contributed by atoms with Gasteiger partial charge in [-0.2, -0.15) is 5.10 Å². The molecule has 2 heterocycles. The molecule has 0 unspecified atom stereocenters. The highest BCUT2D eigenvalue weighted by atomic mass is 32.1. The van der Waals surface area contributed by atoms with E-state index in [-0.39, 0.29) is 0 Å². The molecule has 0 fully saturated rings. The van der Waals surface area contributed by atoms with Gasteiger partial charge >= 0.3 is 0 Å². The highest BCUT2D eigenvalue weighted by molar-refractivity contribution is 7.09. The van der Waals surface area contributed by atoms with Gasteiger partial charge in [-0.3, -0.25) is 4.68 Å². The van der Waals surface area contributed by atoms with E-state index < -0.39 is 0 Å². The number of hydrogen-bond acceptors (Lipinski definition) is 4. The van der Waals surface area contributed by atoms with E-state index >= 15 is 0 Å². The first-order chi connectivity index (χ1) is 8.19. The summed E-state index contributed by atoms with van der Waals surface area (Å²) < 4.78 is 1.92. The Labute approximate surface area is 106 Å². The lowest BCUT2D eigenvalue weighted by Gasteiger charge is -2.04. The second-order valence-corrected chi connectivity index (χ2v) is 5.19. The fourth-order valence-electron chi connectivity index (χ4n) is 1.48. The third kappa shape index (κ3) is 3.14. The smallest absolute Gasteiger partial charge is 0.107 e. The molecule has 0 saturated heterocycles. The summed E-state index contributed by atoms with van der Waals surface area (Å²) in [5, 5.41) is 10.8. The lowest BCUT2D eigenvalue weighted by Crippen LogP contribution is -2.21. The van der Waals surface area contributed by atoms with Crippen molar-refractivity contribution >= 4 is 11.3 Å². The van der Waals surface area contributed by atoms with Gasteiger partial charge in [0.05, 0.1) is 11.9 Å². The van der Waals surface area contributed by atoms with Crippen molar-refractivity contribution < 1.29 is 0 Å². The molecule has 0 atom stereocenters. The van der Waals surface area contributed by atoms with Gasteiger partial charge in [0.25, 0.3) is 0 Å². The van der Waals surface area contributed by atoms with Crippen molar-refractivity contribution in [1.82, 2.24) is 20.1 Å². The van der Waals surface area contributed by atoms with Crippen molar-refractivity contribution in [3.05, 3.63) is 22.8 Å². The van der Waals surface area contributed by atoms with Crippen LogP contribution in [0.4, 0.5) is 0 Å². The summed E-state index contributed by atoms with van der Waals surface area (Å²) in [5.74, 6) is 0. The van der Waals surface area contributed by atoms with Crippen molar-refractivity contribution in [2.75, 3.05) is 0 Å². The Hall–Kier alpha value is -1.20. The second-order valence-electron chi connectivity index (χ2n) is 4.25. The van der Waals surface area contributed by atoms with Crippen LogP contribution in [0.5, 0.6) is 0 Å². The van der Waals surface area contributed by atoms with E-state index in [4.69, 9.17) is 0 Å². The summed E-state index contributed by atoms with van der Waals surface area (Å²) in [6.07, 6.45) is 3.91. The Balaban J connectivity index is 2.07. The zero-order valence-electron chi connectivity index (χ0n) is 10.5. The molecule has 17 heavy (non-hydrogen) atoms. The van der Waals surface area contributed by atoms with Crippen LogP contribution in [0, 0.1) is 0 Å². The van der Waals surface area contributed by atoms with Crippen LogP contribution in [0.25, 0.3) is 11.3 Å². The Bertz CT molecular complexity index is 472. The van der Waals surface area contributed by atoms with E-state index in [1.807, 2.05) is 17.1 Å². The highest BCUT2D eigenvalue weighted by Gasteiger charge is 2.06. The van der Waals surface area contributed by atoms with Crippen LogP contribution >= 0.6 is 11.3 Å². The summed E-state index contributed by atoms with van der Waals surface area (Å²) in [6.45, 7) is 8.09. The van der Waals surface area contributed by atoms with Gasteiger partial charge in [0.1, 0.15) is 5.01 Å². The standard InChI is InChI=1S/C12H18N4S/c1-4-16-7-10(5-14-16)11-8-17-12(15-11)6-13-9(2)3/h5,7-9,13H,4,6H2,1-3H3. The van der Waals surface area contributed by atoms with Crippen molar-refractivity contribution in [2.45, 2.75) is 39.9 Å². The monoisotopic (exact) mass is 250 g/mol. The molecule has 0 aliphatic rings. The van der Waals surface area contributed by atoms with E-state index in [9.17, 15) is 0 Å². The molecule has 92 valence electrons. The minimum atomic E-state index is 0.491. The second kappa shape index (κ2) is 5.42. The van der Waals surface area contributed by atoms with Crippen molar-refractivity contribution in [3.63, 3.8) is 0 Å². The fourth-order valence-corrected chi connectivity index (χ4v) is 2.24. The lowest BCUT2D eigenvalue weighted by molar-refractivity contribution is 0.587. The van der Waals surface area contributed by atoms with Crippen LogP contribution in [-0.2, 0) is 13.1 Å². The molecule has 0 aliphatic carbocycles. The van der Waals surface area contributed by atoms with Crippen molar-refractivity contribution in [1.29, 1.82) is 0 Å². The lowest BCUT2D eigenvalue weighted by atomic mass is 10.3. The zero-order valence-corrected chi connectivity index (χ0v) is 11.3. The van der Waals surface area contributed by atoms with Crippen LogP contribution in [0.3, 0.4) is 0 Å².